The first kappa shape index (κ1) is 46.9. The van der Waals surface area contributed by atoms with Crippen molar-refractivity contribution in [1.82, 2.24) is 24.9 Å². The molecule has 4 amide bonds. The van der Waals surface area contributed by atoms with E-state index in [0.29, 0.717) is 10.9 Å². The molecule has 320 valence electrons. The van der Waals surface area contributed by atoms with Gasteiger partial charge in [-0.15, -0.1) is 0 Å². The maximum atomic E-state index is 13.1. The van der Waals surface area contributed by atoms with Crippen molar-refractivity contribution in [1.29, 1.82) is 0 Å². The quantitative estimate of drug-likeness (QED) is 0.0408. The molecule has 0 fully saturated rings. The van der Waals surface area contributed by atoms with Gasteiger partial charge >= 0.3 is 35.5 Å². The molecule has 1 unspecified atom stereocenters. The largest absolute Gasteiger partial charge is 0.481 e. The van der Waals surface area contributed by atoms with Crippen LogP contribution in [0.5, 0.6) is 0 Å². The van der Waals surface area contributed by atoms with E-state index in [2.05, 4.69) is 10.6 Å². The Morgan fingerprint density at radius 2 is 1.22 bits per heavy atom. The molecule has 59 heavy (non-hydrogen) atoms. The van der Waals surface area contributed by atoms with Crippen LogP contribution in [0.15, 0.2) is 39.6 Å². The molecule has 3 rings (SSSR count). The summed E-state index contributed by atoms with van der Waals surface area (Å²) in [4.78, 5) is 124. The third kappa shape index (κ3) is 16.1. The van der Waals surface area contributed by atoms with Crippen molar-refractivity contribution < 1.29 is 73.1 Å². The van der Waals surface area contributed by atoms with Crippen LogP contribution in [0, 0.1) is 12.8 Å². The lowest BCUT2D eigenvalue weighted by Gasteiger charge is -2.27. The minimum absolute atomic E-state index is 0.0320. The molecule has 1 aliphatic heterocycles. The van der Waals surface area contributed by atoms with E-state index in [4.69, 9.17) is 14.6 Å². The van der Waals surface area contributed by atoms with E-state index in [1.165, 1.54) is 21.9 Å². The third-order valence-electron chi connectivity index (χ3n) is 9.17. The van der Waals surface area contributed by atoms with Gasteiger partial charge in [-0.2, -0.15) is 0 Å². The fourth-order valence-electron chi connectivity index (χ4n) is 6.33. The second-order valence-electron chi connectivity index (χ2n) is 13.8. The molecule has 2 aromatic rings. The molecule has 22 nitrogen and oxygen atoms in total. The van der Waals surface area contributed by atoms with Gasteiger partial charge in [0.05, 0.1) is 44.7 Å². The second kappa shape index (κ2) is 22.4. The van der Waals surface area contributed by atoms with Crippen molar-refractivity contribution in [3.8, 4) is 0 Å². The first-order valence-electron chi connectivity index (χ1n) is 18.2. The molecule has 1 aromatic carbocycles. The fraction of sp³-hybridized carbons (Fsp3) is 0.459. The molecular weight excluding hydrogens is 784 g/mol. The molecule has 0 saturated carbocycles. The highest BCUT2D eigenvalue weighted by Gasteiger charge is 2.24. The first-order chi connectivity index (χ1) is 27.8. The van der Waals surface area contributed by atoms with Crippen LogP contribution in [0.1, 0.15) is 30.4 Å². The number of imide groups is 1. The number of nitrogens with zero attached hydrogens (tertiary/aromatic N) is 4. The van der Waals surface area contributed by atoms with Gasteiger partial charge in [0.2, 0.25) is 11.8 Å². The lowest BCUT2D eigenvalue weighted by Crippen LogP contribution is -2.43. The predicted molar refractivity (Wildman–Crippen MR) is 203 cm³/mol. The average molecular weight is 831 g/mol. The summed E-state index contributed by atoms with van der Waals surface area (Å²) in [6.45, 7) is -1.38. The monoisotopic (exact) mass is 830 g/mol. The molecule has 1 aromatic heterocycles. The van der Waals surface area contributed by atoms with Gasteiger partial charge in [0.1, 0.15) is 5.58 Å². The molecule has 0 saturated heterocycles. The van der Waals surface area contributed by atoms with Crippen LogP contribution in [0.4, 0.5) is 5.69 Å². The standard InChI is InChI=1S/C37H46N6O16/c1-22-25-3-2-24(15-27(25)59-37(58)26(22)16-28(44)38-8-11-43-30(46)4-5-31(43)47)39-29(45)17-42(21-36(56)57)13-12-40(18-33(50)51)9-6-23(14-32(48)49)7-10-41(19-34(52)53)20-35(54)55/h2-5,15,23H,6-14,16-21H2,1H3,(H,38,44)(H,39,45)(H,48,49)(H,50,51)(H,52,53)(H,54,55)(H,56,57). The molecule has 0 bridgehead atoms. The summed E-state index contributed by atoms with van der Waals surface area (Å²) in [5.74, 6) is -9.01. The van der Waals surface area contributed by atoms with E-state index in [0.717, 1.165) is 22.0 Å². The zero-order valence-corrected chi connectivity index (χ0v) is 32.1. The summed E-state index contributed by atoms with van der Waals surface area (Å²) in [6.07, 6.45) is 1.76. The van der Waals surface area contributed by atoms with E-state index in [-0.39, 0.29) is 81.8 Å². The molecule has 0 radical (unpaired) electrons. The van der Waals surface area contributed by atoms with Gasteiger partial charge in [-0.25, -0.2) is 4.79 Å². The maximum Gasteiger partial charge on any atom is 0.340 e. The topological polar surface area (TPSA) is 322 Å². The van der Waals surface area contributed by atoms with E-state index in [1.807, 2.05) is 0 Å². The maximum absolute atomic E-state index is 13.1. The van der Waals surface area contributed by atoms with E-state index >= 15 is 0 Å². The highest BCUT2D eigenvalue weighted by Crippen LogP contribution is 2.23. The number of carboxylic acid groups (broad SMARTS) is 5. The predicted octanol–water partition coefficient (Wildman–Crippen LogP) is -1.26. The molecule has 0 spiro atoms. The highest BCUT2D eigenvalue weighted by atomic mass is 16.4. The van der Waals surface area contributed by atoms with Crippen molar-refractivity contribution in [3.63, 3.8) is 0 Å². The summed E-state index contributed by atoms with van der Waals surface area (Å²) >= 11 is 0. The van der Waals surface area contributed by atoms with Crippen molar-refractivity contribution >= 4 is 70.1 Å². The van der Waals surface area contributed by atoms with Gasteiger partial charge in [0.25, 0.3) is 11.8 Å². The minimum Gasteiger partial charge on any atom is -0.481 e. The number of carbonyl (C=O) groups excluding carboxylic acids is 4. The number of aryl methyl sites for hydroxylation is 1. The van der Waals surface area contributed by atoms with Crippen molar-refractivity contribution in [3.05, 3.63) is 51.9 Å². The lowest BCUT2D eigenvalue weighted by atomic mass is 9.96. The van der Waals surface area contributed by atoms with Crippen molar-refractivity contribution in [2.75, 3.05) is 77.3 Å². The van der Waals surface area contributed by atoms with E-state index in [9.17, 15) is 63.3 Å². The fourth-order valence-corrected chi connectivity index (χ4v) is 6.33. The van der Waals surface area contributed by atoms with E-state index < -0.39 is 97.7 Å². The number of rotatable bonds is 27. The Morgan fingerprint density at radius 1 is 0.695 bits per heavy atom. The lowest BCUT2D eigenvalue weighted by molar-refractivity contribution is -0.143. The third-order valence-corrected chi connectivity index (χ3v) is 9.17. The summed E-state index contributed by atoms with van der Waals surface area (Å²) in [5, 5.41) is 52.3. The number of anilines is 1. The van der Waals surface area contributed by atoms with Gasteiger partial charge in [-0.3, -0.25) is 62.8 Å². The van der Waals surface area contributed by atoms with Crippen LogP contribution in [-0.4, -0.2) is 171 Å². The summed E-state index contributed by atoms with van der Waals surface area (Å²) in [6, 6.07) is 4.42. The number of carboxylic acids is 5. The molecule has 1 aliphatic rings. The van der Waals surface area contributed by atoms with Crippen LogP contribution >= 0.6 is 0 Å². The highest BCUT2D eigenvalue weighted by molar-refractivity contribution is 6.12. The Bertz CT molecular complexity index is 2000. The summed E-state index contributed by atoms with van der Waals surface area (Å²) < 4.78 is 5.44. The van der Waals surface area contributed by atoms with Gasteiger partial charge in [0, 0.05) is 61.9 Å². The number of hydrogen-bond donors (Lipinski definition) is 7. The smallest absolute Gasteiger partial charge is 0.340 e. The van der Waals surface area contributed by atoms with E-state index in [1.54, 1.807) is 13.0 Å². The number of benzene rings is 1. The number of nitrogens with one attached hydrogen (secondary N) is 2. The van der Waals surface area contributed by atoms with Crippen molar-refractivity contribution in [2.24, 2.45) is 5.92 Å². The zero-order valence-electron chi connectivity index (χ0n) is 32.1. The Morgan fingerprint density at radius 3 is 1.78 bits per heavy atom. The van der Waals surface area contributed by atoms with Crippen LogP contribution in [0.3, 0.4) is 0 Å². The van der Waals surface area contributed by atoms with Crippen LogP contribution < -0.4 is 16.3 Å². The van der Waals surface area contributed by atoms with Crippen molar-refractivity contribution in [2.45, 2.75) is 32.6 Å². The number of hydrogen-bond acceptors (Lipinski definition) is 14. The Kier molecular flexibility index (Phi) is 17.8. The normalized spacial score (nSPS) is 13.1. The molecule has 2 heterocycles. The van der Waals surface area contributed by atoms with Gasteiger partial charge in [0.15, 0.2) is 0 Å². The minimum atomic E-state index is -1.28. The molecule has 0 aliphatic carbocycles. The van der Waals surface area contributed by atoms with Crippen LogP contribution in [0.25, 0.3) is 11.0 Å². The SMILES string of the molecule is Cc1c(CC(=O)NCCN2C(=O)C=CC2=O)c(=O)oc2cc(NC(=O)CN(CCN(CCC(CCN(CC(=O)O)CC(=O)O)CC(=O)O)CC(=O)O)CC(=O)O)ccc12. The number of carbonyl (C=O) groups is 9. The molecular formula is C37H46N6O16. The molecule has 1 atom stereocenters. The first-order valence-corrected chi connectivity index (χ1v) is 18.2. The van der Waals surface area contributed by atoms with Crippen LogP contribution in [0.2, 0.25) is 0 Å². The van der Waals surface area contributed by atoms with Gasteiger partial charge in [-0.05, 0) is 56.5 Å². The number of fused-ring (bicyclic) bond motifs is 1. The number of amides is 4. The molecule has 7 N–H and O–H groups in total. The van der Waals surface area contributed by atoms with Crippen LogP contribution in [-0.2, 0) is 49.6 Å². The Balaban J connectivity index is 1.62. The second-order valence-corrected chi connectivity index (χ2v) is 13.8. The average Bonchev–Trinajstić information content (AvgIpc) is 3.44. The Labute approximate surface area is 335 Å². The summed E-state index contributed by atoms with van der Waals surface area (Å²) in [7, 11) is 0. The number of aliphatic carboxylic acids is 5. The zero-order chi connectivity index (χ0) is 43.8. The van der Waals surface area contributed by atoms with Gasteiger partial charge in [-0.1, -0.05) is 0 Å². The Hall–Kier alpha value is -6.52. The van der Waals surface area contributed by atoms with Gasteiger partial charge < -0.3 is 40.6 Å². The molecule has 22 heteroatoms. The summed E-state index contributed by atoms with van der Waals surface area (Å²) in [5.41, 5.74) is -0.0389.